The topological polar surface area (TPSA) is 89.3 Å². The molecule has 0 bridgehead atoms. The number of hydrogen-bond acceptors (Lipinski definition) is 4. The maximum atomic E-state index is 12.3. The molecule has 0 aromatic heterocycles. The van der Waals surface area contributed by atoms with E-state index in [1.807, 2.05) is 6.92 Å². The largest absolute Gasteiger partial charge is 0.389 e. The third-order valence-corrected chi connectivity index (χ3v) is 6.06. The number of benzene rings is 1. The minimum Gasteiger partial charge on any atom is -0.389 e. The first-order chi connectivity index (χ1) is 9.81. The predicted molar refractivity (Wildman–Crippen MR) is 87.1 cm³/mol. The molecule has 1 aliphatic rings. The van der Waals surface area contributed by atoms with Gasteiger partial charge in [0.15, 0.2) is 9.84 Å². The number of sulfone groups is 1. The van der Waals surface area contributed by atoms with E-state index in [4.69, 9.17) is 18.0 Å². The van der Waals surface area contributed by atoms with Crippen LogP contribution in [0.1, 0.15) is 30.4 Å². The smallest absolute Gasteiger partial charge is 0.242 e. The lowest BCUT2D eigenvalue weighted by atomic mass is 10.1. The number of anilines is 1. The van der Waals surface area contributed by atoms with Crippen LogP contribution in [0.2, 0.25) is 0 Å². The van der Waals surface area contributed by atoms with E-state index < -0.39 is 21.0 Å². The average Bonchev–Trinajstić information content (AvgIpc) is 2.40. The minimum atomic E-state index is -3.34. The maximum Gasteiger partial charge on any atom is 0.242 e. The molecule has 114 valence electrons. The van der Waals surface area contributed by atoms with E-state index in [1.165, 1.54) is 0 Å². The summed E-state index contributed by atoms with van der Waals surface area (Å²) in [6, 6.07) is 5.23. The van der Waals surface area contributed by atoms with Gasteiger partial charge in [0.05, 0.1) is 5.75 Å². The fraction of sp³-hybridized carbons (Fsp3) is 0.429. The van der Waals surface area contributed by atoms with Gasteiger partial charge in [0.25, 0.3) is 0 Å². The summed E-state index contributed by atoms with van der Waals surface area (Å²) < 4.78 is 23.9. The van der Waals surface area contributed by atoms with Gasteiger partial charge in [-0.2, -0.15) is 0 Å². The van der Waals surface area contributed by atoms with E-state index in [0.29, 0.717) is 24.1 Å². The van der Waals surface area contributed by atoms with E-state index in [-0.39, 0.29) is 10.7 Å². The van der Waals surface area contributed by atoms with Gasteiger partial charge in [-0.05, 0) is 31.4 Å². The summed E-state index contributed by atoms with van der Waals surface area (Å²) in [7, 11) is -3.34. The van der Waals surface area contributed by atoms with E-state index in [0.717, 1.165) is 12.0 Å². The van der Waals surface area contributed by atoms with Crippen molar-refractivity contribution in [3.63, 3.8) is 0 Å². The van der Waals surface area contributed by atoms with Crippen LogP contribution in [-0.4, -0.2) is 30.3 Å². The van der Waals surface area contributed by atoms with Crippen LogP contribution in [0.4, 0.5) is 5.69 Å². The Balaban J connectivity index is 2.23. The van der Waals surface area contributed by atoms with Gasteiger partial charge in [-0.3, -0.25) is 4.79 Å². The summed E-state index contributed by atoms with van der Waals surface area (Å²) in [5.41, 5.74) is 7.59. The van der Waals surface area contributed by atoms with Gasteiger partial charge in [-0.1, -0.05) is 30.8 Å². The van der Waals surface area contributed by atoms with Crippen LogP contribution in [-0.2, 0) is 14.6 Å². The molecule has 7 heteroatoms. The van der Waals surface area contributed by atoms with Gasteiger partial charge in [0, 0.05) is 11.3 Å². The van der Waals surface area contributed by atoms with Crippen molar-refractivity contribution in [2.45, 2.75) is 31.4 Å². The molecule has 1 saturated heterocycles. The number of rotatable bonds is 3. The van der Waals surface area contributed by atoms with Crippen LogP contribution in [0.5, 0.6) is 0 Å². The molecular formula is C14H18N2O3S2. The average molecular weight is 326 g/mol. The molecule has 1 amide bonds. The molecule has 1 unspecified atom stereocenters. The zero-order chi connectivity index (χ0) is 15.6. The number of aryl methyl sites for hydroxylation is 1. The molecule has 0 aliphatic carbocycles. The molecule has 0 spiro atoms. The van der Waals surface area contributed by atoms with Gasteiger partial charge in [0.1, 0.15) is 10.2 Å². The Kier molecular flexibility index (Phi) is 4.63. The maximum absolute atomic E-state index is 12.3. The summed E-state index contributed by atoms with van der Waals surface area (Å²) in [5.74, 6) is -0.394. The first kappa shape index (κ1) is 15.9. The summed E-state index contributed by atoms with van der Waals surface area (Å²) in [5, 5.41) is 1.74. The lowest BCUT2D eigenvalue weighted by molar-refractivity contribution is -0.116. The minimum absolute atomic E-state index is 0.0804. The third-order valence-electron chi connectivity index (χ3n) is 3.65. The summed E-state index contributed by atoms with van der Waals surface area (Å²) >= 11 is 4.91. The molecule has 1 atom stereocenters. The number of hydrogen-bond donors (Lipinski definition) is 2. The highest BCUT2D eigenvalue weighted by Gasteiger charge is 2.34. The summed E-state index contributed by atoms with van der Waals surface area (Å²) in [4.78, 5) is 12.5. The molecule has 2 rings (SSSR count). The SMILES string of the molecule is Cc1ccc(C(N)=S)cc1NC(=O)C1CCCCS1(=O)=O. The molecule has 1 fully saturated rings. The van der Waals surface area contributed by atoms with Crippen molar-refractivity contribution in [1.82, 2.24) is 0 Å². The van der Waals surface area contributed by atoms with Crippen LogP contribution in [0.15, 0.2) is 18.2 Å². The van der Waals surface area contributed by atoms with Gasteiger partial charge in [0.2, 0.25) is 5.91 Å². The number of nitrogens with two attached hydrogens (primary N) is 1. The fourth-order valence-corrected chi connectivity index (χ4v) is 4.30. The van der Waals surface area contributed by atoms with Crippen molar-refractivity contribution in [2.24, 2.45) is 5.73 Å². The molecule has 1 heterocycles. The summed E-state index contributed by atoms with van der Waals surface area (Å²) in [6.45, 7) is 1.83. The van der Waals surface area contributed by atoms with Crippen LogP contribution < -0.4 is 11.1 Å². The molecular weight excluding hydrogens is 308 g/mol. The van der Waals surface area contributed by atoms with E-state index in [2.05, 4.69) is 5.32 Å². The Morgan fingerprint density at radius 3 is 2.71 bits per heavy atom. The zero-order valence-electron chi connectivity index (χ0n) is 11.8. The second-order valence-corrected chi connectivity index (χ2v) is 7.98. The van der Waals surface area contributed by atoms with Gasteiger partial charge < -0.3 is 11.1 Å². The van der Waals surface area contributed by atoms with Crippen molar-refractivity contribution in [1.29, 1.82) is 0 Å². The van der Waals surface area contributed by atoms with E-state index >= 15 is 0 Å². The Morgan fingerprint density at radius 2 is 2.10 bits per heavy atom. The normalized spacial score (nSPS) is 20.7. The number of nitrogens with one attached hydrogen (secondary N) is 1. The van der Waals surface area contributed by atoms with Gasteiger partial charge >= 0.3 is 0 Å². The molecule has 0 saturated carbocycles. The molecule has 3 N–H and O–H groups in total. The Hall–Kier alpha value is -1.47. The lowest BCUT2D eigenvalue weighted by Gasteiger charge is -2.22. The molecule has 1 aliphatic heterocycles. The first-order valence-corrected chi connectivity index (χ1v) is 8.86. The molecule has 21 heavy (non-hydrogen) atoms. The highest BCUT2D eigenvalue weighted by molar-refractivity contribution is 7.92. The lowest BCUT2D eigenvalue weighted by Crippen LogP contribution is -2.39. The molecule has 0 radical (unpaired) electrons. The number of carbonyl (C=O) groups is 1. The molecule has 1 aromatic carbocycles. The predicted octanol–water partition coefficient (Wildman–Crippen LogP) is 1.54. The standard InChI is InChI=1S/C14H18N2O3S2/c1-9-5-6-10(13(15)20)8-11(9)16-14(17)12-4-2-3-7-21(12,18)19/h5-6,8,12H,2-4,7H2,1H3,(H2,15,20)(H,16,17). The van der Waals surface area contributed by atoms with Crippen LogP contribution in [0.25, 0.3) is 0 Å². The highest BCUT2D eigenvalue weighted by atomic mass is 32.2. The zero-order valence-corrected chi connectivity index (χ0v) is 13.4. The van der Waals surface area contributed by atoms with Gasteiger partial charge in [-0.25, -0.2) is 8.42 Å². The van der Waals surface area contributed by atoms with Crippen molar-refractivity contribution in [2.75, 3.05) is 11.1 Å². The Morgan fingerprint density at radius 1 is 1.38 bits per heavy atom. The van der Waals surface area contributed by atoms with Crippen molar-refractivity contribution in [3.05, 3.63) is 29.3 Å². The summed E-state index contributed by atoms with van der Waals surface area (Å²) in [6.07, 6.45) is 1.76. The highest BCUT2D eigenvalue weighted by Crippen LogP contribution is 2.23. The van der Waals surface area contributed by atoms with Crippen molar-refractivity contribution in [3.8, 4) is 0 Å². The van der Waals surface area contributed by atoms with Gasteiger partial charge in [-0.15, -0.1) is 0 Å². The third kappa shape index (κ3) is 3.59. The number of carbonyl (C=O) groups excluding carboxylic acids is 1. The first-order valence-electron chi connectivity index (χ1n) is 6.74. The van der Waals surface area contributed by atoms with Crippen molar-refractivity contribution < 1.29 is 13.2 Å². The number of thiocarbonyl (C=S) groups is 1. The van der Waals surface area contributed by atoms with Crippen molar-refractivity contribution >= 4 is 38.6 Å². The second kappa shape index (κ2) is 6.11. The van der Waals surface area contributed by atoms with E-state index in [9.17, 15) is 13.2 Å². The van der Waals surface area contributed by atoms with Crippen LogP contribution in [0.3, 0.4) is 0 Å². The second-order valence-electron chi connectivity index (χ2n) is 5.23. The van der Waals surface area contributed by atoms with Crippen LogP contribution >= 0.6 is 12.2 Å². The Bertz CT molecular complexity index is 683. The van der Waals surface area contributed by atoms with Crippen LogP contribution in [0, 0.1) is 6.92 Å². The Labute approximate surface area is 129 Å². The number of amides is 1. The fourth-order valence-electron chi connectivity index (χ4n) is 2.37. The monoisotopic (exact) mass is 326 g/mol. The quantitative estimate of drug-likeness (QED) is 0.822. The molecule has 5 nitrogen and oxygen atoms in total. The molecule has 1 aromatic rings. The van der Waals surface area contributed by atoms with E-state index in [1.54, 1.807) is 18.2 Å².